The number of nitrogen functional groups attached to an aromatic ring is 1. The molecule has 0 aliphatic heterocycles. The summed E-state index contributed by atoms with van der Waals surface area (Å²) >= 11 is 3.29. The zero-order valence-electron chi connectivity index (χ0n) is 9.67. The molecule has 0 fully saturated rings. The highest BCUT2D eigenvalue weighted by Gasteiger charge is 2.27. The topological polar surface area (TPSA) is 48.1 Å². The van der Waals surface area contributed by atoms with Crippen LogP contribution in [0.25, 0.3) is 10.9 Å². The number of fused-ring (bicyclic) bond motifs is 1. The molecule has 2 N–H and O–H groups in total. The van der Waals surface area contributed by atoms with Crippen LogP contribution in [0.3, 0.4) is 0 Å². The van der Waals surface area contributed by atoms with Crippen molar-refractivity contribution in [1.29, 1.82) is 0 Å². The highest BCUT2D eigenvalue weighted by atomic mass is 79.9. The van der Waals surface area contributed by atoms with E-state index in [4.69, 9.17) is 10.5 Å². The maximum Gasteiger partial charge on any atom is 0.392 e. The van der Waals surface area contributed by atoms with Gasteiger partial charge in [-0.3, -0.25) is 4.98 Å². The molecule has 19 heavy (non-hydrogen) atoms. The first-order valence-corrected chi connectivity index (χ1v) is 6.19. The molecule has 0 unspecified atom stereocenters. The minimum Gasteiger partial charge on any atom is -0.490 e. The molecule has 0 saturated heterocycles. The SMILES string of the molecule is Nc1cnc2ccc(Br)cc2c1OCCC(F)(F)F. The number of ether oxygens (including phenoxy) is 1. The first-order chi connectivity index (χ1) is 8.87. The van der Waals surface area contributed by atoms with Crippen molar-refractivity contribution in [1.82, 2.24) is 4.98 Å². The van der Waals surface area contributed by atoms with Gasteiger partial charge in [-0.05, 0) is 18.2 Å². The number of halogens is 4. The van der Waals surface area contributed by atoms with E-state index >= 15 is 0 Å². The van der Waals surface area contributed by atoms with E-state index in [2.05, 4.69) is 20.9 Å². The number of nitrogens with two attached hydrogens (primary N) is 1. The van der Waals surface area contributed by atoms with Gasteiger partial charge in [0.2, 0.25) is 0 Å². The number of alkyl halides is 3. The van der Waals surface area contributed by atoms with E-state index in [9.17, 15) is 13.2 Å². The van der Waals surface area contributed by atoms with Gasteiger partial charge in [0.15, 0.2) is 5.75 Å². The monoisotopic (exact) mass is 334 g/mol. The Balaban J connectivity index is 2.30. The molecule has 7 heteroatoms. The Hall–Kier alpha value is -1.50. The van der Waals surface area contributed by atoms with Crippen molar-refractivity contribution in [3.05, 3.63) is 28.9 Å². The Morgan fingerprint density at radius 3 is 2.74 bits per heavy atom. The average Bonchev–Trinajstić information content (AvgIpc) is 2.30. The van der Waals surface area contributed by atoms with E-state index in [1.54, 1.807) is 18.2 Å². The molecule has 0 atom stereocenters. The van der Waals surface area contributed by atoms with Crippen LogP contribution in [0.2, 0.25) is 0 Å². The second-order valence-corrected chi connectivity index (χ2v) is 4.83. The zero-order valence-corrected chi connectivity index (χ0v) is 11.3. The summed E-state index contributed by atoms with van der Waals surface area (Å²) in [6.07, 6.45) is -3.90. The molecule has 0 amide bonds. The Bertz CT molecular complexity index is 596. The van der Waals surface area contributed by atoms with Crippen LogP contribution >= 0.6 is 15.9 Å². The maximum absolute atomic E-state index is 12.1. The first kappa shape index (κ1) is 13.9. The van der Waals surface area contributed by atoms with E-state index in [1.165, 1.54) is 6.20 Å². The third-order valence-corrected chi connectivity index (χ3v) is 2.93. The van der Waals surface area contributed by atoms with Gasteiger partial charge in [0.1, 0.15) is 0 Å². The second-order valence-electron chi connectivity index (χ2n) is 3.92. The van der Waals surface area contributed by atoms with Crippen LogP contribution in [-0.2, 0) is 0 Å². The van der Waals surface area contributed by atoms with Crippen LogP contribution in [0.15, 0.2) is 28.9 Å². The molecule has 0 bridgehead atoms. The van der Waals surface area contributed by atoms with Crippen LogP contribution in [-0.4, -0.2) is 17.8 Å². The van der Waals surface area contributed by atoms with Gasteiger partial charge in [-0.25, -0.2) is 0 Å². The van der Waals surface area contributed by atoms with Crippen molar-refractivity contribution in [3.8, 4) is 5.75 Å². The summed E-state index contributed by atoms with van der Waals surface area (Å²) in [5.74, 6) is 0.232. The Kier molecular flexibility index (Phi) is 3.84. The minimum atomic E-state index is -4.25. The van der Waals surface area contributed by atoms with Crippen LogP contribution < -0.4 is 10.5 Å². The van der Waals surface area contributed by atoms with E-state index in [1.807, 2.05) is 0 Å². The van der Waals surface area contributed by atoms with Crippen molar-refractivity contribution in [2.24, 2.45) is 0 Å². The van der Waals surface area contributed by atoms with Gasteiger partial charge in [0, 0.05) is 9.86 Å². The summed E-state index contributed by atoms with van der Waals surface area (Å²) in [7, 11) is 0. The molecule has 0 radical (unpaired) electrons. The molecular formula is C12H10BrF3N2O. The lowest BCUT2D eigenvalue weighted by Crippen LogP contribution is -2.13. The van der Waals surface area contributed by atoms with Crippen LogP contribution in [0.1, 0.15) is 6.42 Å². The quantitative estimate of drug-likeness (QED) is 0.925. The number of benzene rings is 1. The molecule has 0 aliphatic carbocycles. The molecule has 0 spiro atoms. The molecule has 1 heterocycles. The predicted molar refractivity (Wildman–Crippen MR) is 70.0 cm³/mol. The summed E-state index contributed by atoms with van der Waals surface area (Å²) in [5.41, 5.74) is 6.53. The van der Waals surface area contributed by atoms with Crippen molar-refractivity contribution in [3.63, 3.8) is 0 Å². The molecule has 2 aromatic rings. The molecule has 3 nitrogen and oxygen atoms in total. The normalized spacial score (nSPS) is 11.8. The maximum atomic E-state index is 12.1. The zero-order chi connectivity index (χ0) is 14.0. The van der Waals surface area contributed by atoms with Gasteiger partial charge >= 0.3 is 6.18 Å². The molecule has 1 aromatic heterocycles. The van der Waals surface area contributed by atoms with Crippen LogP contribution in [0.5, 0.6) is 5.75 Å². The van der Waals surface area contributed by atoms with Gasteiger partial charge in [-0.15, -0.1) is 0 Å². The van der Waals surface area contributed by atoms with Crippen LogP contribution in [0, 0.1) is 0 Å². The van der Waals surface area contributed by atoms with Gasteiger partial charge in [0.05, 0.1) is 30.4 Å². The first-order valence-electron chi connectivity index (χ1n) is 5.40. The van der Waals surface area contributed by atoms with Gasteiger partial charge in [-0.2, -0.15) is 13.2 Å². The molecule has 0 saturated carbocycles. The third-order valence-electron chi connectivity index (χ3n) is 2.44. The van der Waals surface area contributed by atoms with E-state index in [0.717, 1.165) is 4.47 Å². The molecule has 2 rings (SSSR count). The summed E-state index contributed by atoms with van der Waals surface area (Å²) in [4.78, 5) is 4.09. The fourth-order valence-electron chi connectivity index (χ4n) is 1.59. The van der Waals surface area contributed by atoms with Crippen molar-refractivity contribution < 1.29 is 17.9 Å². The lowest BCUT2D eigenvalue weighted by Gasteiger charge is -2.12. The van der Waals surface area contributed by atoms with E-state index in [0.29, 0.717) is 10.9 Å². The lowest BCUT2D eigenvalue weighted by molar-refractivity contribution is -0.139. The number of aromatic nitrogens is 1. The van der Waals surface area contributed by atoms with Crippen molar-refractivity contribution in [2.75, 3.05) is 12.3 Å². The minimum absolute atomic E-state index is 0.216. The summed E-state index contributed by atoms with van der Waals surface area (Å²) < 4.78 is 42.3. The fraction of sp³-hybridized carbons (Fsp3) is 0.250. The van der Waals surface area contributed by atoms with Crippen molar-refractivity contribution in [2.45, 2.75) is 12.6 Å². The molecule has 102 valence electrons. The number of pyridine rings is 1. The summed E-state index contributed by atoms with van der Waals surface area (Å²) in [6, 6.07) is 5.22. The third kappa shape index (κ3) is 3.50. The summed E-state index contributed by atoms with van der Waals surface area (Å²) in [6.45, 7) is -0.473. The smallest absolute Gasteiger partial charge is 0.392 e. The number of hydrogen-bond acceptors (Lipinski definition) is 3. The Morgan fingerprint density at radius 2 is 2.05 bits per heavy atom. The van der Waals surface area contributed by atoms with Crippen LogP contribution in [0.4, 0.5) is 18.9 Å². The number of rotatable bonds is 3. The lowest BCUT2D eigenvalue weighted by atomic mass is 10.2. The fourth-order valence-corrected chi connectivity index (χ4v) is 1.95. The highest BCUT2D eigenvalue weighted by molar-refractivity contribution is 9.10. The molecular weight excluding hydrogens is 325 g/mol. The van der Waals surface area contributed by atoms with Gasteiger partial charge < -0.3 is 10.5 Å². The van der Waals surface area contributed by atoms with E-state index in [-0.39, 0.29) is 11.4 Å². The summed E-state index contributed by atoms with van der Waals surface area (Å²) in [5, 5.41) is 0.580. The number of anilines is 1. The highest BCUT2D eigenvalue weighted by Crippen LogP contribution is 2.32. The van der Waals surface area contributed by atoms with Gasteiger partial charge in [0.25, 0.3) is 0 Å². The Morgan fingerprint density at radius 1 is 1.32 bits per heavy atom. The Labute approximate surface area is 115 Å². The van der Waals surface area contributed by atoms with Crippen molar-refractivity contribution >= 4 is 32.5 Å². The number of hydrogen-bond donors (Lipinski definition) is 1. The standard InChI is InChI=1S/C12H10BrF3N2O/c13-7-1-2-10-8(5-7)11(9(17)6-18-10)19-4-3-12(14,15)16/h1-2,5-6H,3-4,17H2. The van der Waals surface area contributed by atoms with E-state index < -0.39 is 19.2 Å². The average molecular weight is 335 g/mol. The molecule has 0 aliphatic rings. The van der Waals surface area contributed by atoms with Gasteiger partial charge in [-0.1, -0.05) is 15.9 Å². The predicted octanol–water partition coefficient (Wildman–Crippen LogP) is 3.91. The largest absolute Gasteiger partial charge is 0.490 e. The number of nitrogens with zero attached hydrogens (tertiary/aromatic N) is 1. The second kappa shape index (κ2) is 5.24. The molecule has 1 aromatic carbocycles.